The summed E-state index contributed by atoms with van der Waals surface area (Å²) >= 11 is 0. The fourth-order valence-corrected chi connectivity index (χ4v) is 1.03. The first kappa shape index (κ1) is 10.4. The van der Waals surface area contributed by atoms with Gasteiger partial charge in [-0.3, -0.25) is 0 Å². The first-order chi connectivity index (χ1) is 6.32. The third-order valence-electron chi connectivity index (χ3n) is 1.67. The largest absolute Gasteiger partial charge is 0.504 e. The zero-order valence-electron chi connectivity index (χ0n) is 8.27. The lowest BCUT2D eigenvalue weighted by atomic mass is 9.91. The first-order valence-corrected chi connectivity index (χ1v) is 4.12. The molecule has 0 radical (unpaired) electrons. The van der Waals surface area contributed by atoms with Gasteiger partial charge in [-0.05, 0) is 0 Å². The molecule has 1 rings (SSSR count). The molecule has 2 N–H and O–H groups in total. The van der Waals surface area contributed by atoms with Crippen LogP contribution in [-0.2, 0) is 5.41 Å². The molecule has 0 spiro atoms. The van der Waals surface area contributed by atoms with E-state index in [1.807, 2.05) is 20.8 Å². The molecular weight excluding hydrogens is 184 g/mol. The number of aromatic nitrogens is 2. The van der Waals surface area contributed by atoms with E-state index >= 15 is 0 Å². The highest BCUT2D eigenvalue weighted by atomic mass is 16.4. The normalized spacial score (nSPS) is 11.4. The molecule has 0 bridgehead atoms. The maximum Gasteiger partial charge on any atom is 0.373 e. The van der Waals surface area contributed by atoms with Crippen molar-refractivity contribution in [1.29, 1.82) is 0 Å². The number of carbonyl (C=O) groups is 1. The molecule has 0 aliphatic carbocycles. The molecule has 5 heteroatoms. The van der Waals surface area contributed by atoms with Gasteiger partial charge in [0.05, 0.1) is 11.9 Å². The van der Waals surface area contributed by atoms with E-state index in [1.54, 1.807) is 0 Å². The first-order valence-electron chi connectivity index (χ1n) is 4.12. The second-order valence-corrected chi connectivity index (χ2v) is 3.98. The summed E-state index contributed by atoms with van der Waals surface area (Å²) in [4.78, 5) is 17.9. The monoisotopic (exact) mass is 196 g/mol. The highest BCUT2D eigenvalue weighted by Gasteiger charge is 2.22. The lowest BCUT2D eigenvalue weighted by Crippen LogP contribution is -2.17. The Bertz CT molecular complexity index is 369. The van der Waals surface area contributed by atoms with Crippen molar-refractivity contribution in [2.24, 2.45) is 0 Å². The Morgan fingerprint density at radius 3 is 2.43 bits per heavy atom. The molecule has 0 fully saturated rings. The summed E-state index contributed by atoms with van der Waals surface area (Å²) in [6.45, 7) is 5.50. The summed E-state index contributed by atoms with van der Waals surface area (Å²) in [5.74, 6) is -1.58. The molecule has 0 atom stereocenters. The van der Waals surface area contributed by atoms with Gasteiger partial charge in [0.2, 0.25) is 5.82 Å². The van der Waals surface area contributed by atoms with E-state index in [2.05, 4.69) is 9.97 Å². The van der Waals surface area contributed by atoms with Crippen molar-refractivity contribution in [2.75, 3.05) is 0 Å². The van der Waals surface area contributed by atoms with Crippen molar-refractivity contribution >= 4 is 5.97 Å². The van der Waals surface area contributed by atoms with Gasteiger partial charge in [-0.15, -0.1) is 0 Å². The van der Waals surface area contributed by atoms with E-state index < -0.39 is 11.4 Å². The van der Waals surface area contributed by atoms with Crippen LogP contribution in [0.5, 0.6) is 5.75 Å². The average molecular weight is 196 g/mol. The van der Waals surface area contributed by atoms with Gasteiger partial charge in [0.1, 0.15) is 0 Å². The molecule has 0 unspecified atom stereocenters. The van der Waals surface area contributed by atoms with Gasteiger partial charge < -0.3 is 10.2 Å². The van der Waals surface area contributed by atoms with Gasteiger partial charge in [-0.1, -0.05) is 20.8 Å². The summed E-state index contributed by atoms with van der Waals surface area (Å²) in [5, 5.41) is 18.1. The molecule has 1 aromatic rings. The van der Waals surface area contributed by atoms with E-state index in [-0.39, 0.29) is 11.6 Å². The van der Waals surface area contributed by atoms with Crippen LogP contribution in [0, 0.1) is 0 Å². The van der Waals surface area contributed by atoms with Crippen LogP contribution in [0.4, 0.5) is 0 Å². The number of hydrogen-bond acceptors (Lipinski definition) is 4. The van der Waals surface area contributed by atoms with Crippen LogP contribution in [0.15, 0.2) is 6.20 Å². The lowest BCUT2D eigenvalue weighted by Gasteiger charge is -2.18. The fraction of sp³-hybridized carbons (Fsp3) is 0.444. The Morgan fingerprint density at radius 1 is 1.43 bits per heavy atom. The van der Waals surface area contributed by atoms with Crippen LogP contribution in [-0.4, -0.2) is 26.2 Å². The molecule has 0 amide bonds. The van der Waals surface area contributed by atoms with Crippen molar-refractivity contribution in [3.05, 3.63) is 17.7 Å². The molecule has 5 nitrogen and oxygen atoms in total. The Morgan fingerprint density at radius 2 is 2.00 bits per heavy atom. The number of aromatic carboxylic acids is 1. The number of carboxylic acids is 1. The Balaban J connectivity index is 3.29. The average Bonchev–Trinajstić information content (AvgIpc) is 2.02. The van der Waals surface area contributed by atoms with Crippen LogP contribution in [0.25, 0.3) is 0 Å². The third kappa shape index (κ3) is 1.99. The van der Waals surface area contributed by atoms with Gasteiger partial charge in [0.25, 0.3) is 0 Å². The topological polar surface area (TPSA) is 83.3 Å². The molecule has 0 aromatic carbocycles. The molecule has 0 aliphatic heterocycles. The smallest absolute Gasteiger partial charge is 0.373 e. The molecule has 0 saturated carbocycles. The highest BCUT2D eigenvalue weighted by Crippen LogP contribution is 2.27. The zero-order valence-corrected chi connectivity index (χ0v) is 8.27. The van der Waals surface area contributed by atoms with Gasteiger partial charge in [-0.2, -0.15) is 0 Å². The van der Waals surface area contributed by atoms with Gasteiger partial charge >= 0.3 is 5.97 Å². The number of hydrogen-bond donors (Lipinski definition) is 2. The van der Waals surface area contributed by atoms with Crippen LogP contribution in [0.2, 0.25) is 0 Å². The van der Waals surface area contributed by atoms with E-state index in [0.717, 1.165) is 6.20 Å². The zero-order chi connectivity index (χ0) is 10.9. The lowest BCUT2D eigenvalue weighted by molar-refractivity contribution is 0.0682. The predicted octanol–water partition coefficient (Wildman–Crippen LogP) is 1.18. The molecule has 0 saturated heterocycles. The molecular formula is C9H12N2O3. The number of rotatable bonds is 1. The van der Waals surface area contributed by atoms with Gasteiger partial charge in [0, 0.05) is 5.41 Å². The molecule has 1 heterocycles. The summed E-state index contributed by atoms with van der Waals surface area (Å²) in [5.41, 5.74) is -0.0677. The molecule has 0 aliphatic rings. The number of carboxylic acid groups (broad SMARTS) is 1. The predicted molar refractivity (Wildman–Crippen MR) is 49.4 cm³/mol. The second kappa shape index (κ2) is 3.25. The van der Waals surface area contributed by atoms with Crippen molar-refractivity contribution in [1.82, 2.24) is 9.97 Å². The quantitative estimate of drug-likeness (QED) is 0.704. The number of nitrogens with zero attached hydrogens (tertiary/aromatic N) is 2. The van der Waals surface area contributed by atoms with Gasteiger partial charge in [-0.25, -0.2) is 14.8 Å². The summed E-state index contributed by atoms with van der Waals surface area (Å²) in [7, 11) is 0. The minimum absolute atomic E-state index is 0.0810. The minimum atomic E-state index is -1.20. The van der Waals surface area contributed by atoms with Crippen molar-refractivity contribution in [2.45, 2.75) is 26.2 Å². The van der Waals surface area contributed by atoms with E-state index in [9.17, 15) is 9.90 Å². The fourth-order valence-electron chi connectivity index (χ4n) is 1.03. The van der Waals surface area contributed by atoms with E-state index in [4.69, 9.17) is 5.11 Å². The van der Waals surface area contributed by atoms with Crippen LogP contribution in [0.1, 0.15) is 37.1 Å². The Labute approximate surface area is 81.4 Å². The Kier molecular flexibility index (Phi) is 2.42. The second-order valence-electron chi connectivity index (χ2n) is 3.98. The van der Waals surface area contributed by atoms with Crippen LogP contribution >= 0.6 is 0 Å². The molecule has 1 aromatic heterocycles. The maximum atomic E-state index is 10.6. The maximum absolute atomic E-state index is 10.6. The summed E-state index contributed by atoms with van der Waals surface area (Å²) in [6, 6.07) is 0. The SMILES string of the molecule is CC(C)(C)c1nc(C(=O)O)ncc1O. The highest BCUT2D eigenvalue weighted by molar-refractivity contribution is 5.83. The van der Waals surface area contributed by atoms with Crippen LogP contribution < -0.4 is 0 Å². The third-order valence-corrected chi connectivity index (χ3v) is 1.67. The van der Waals surface area contributed by atoms with E-state index in [1.165, 1.54) is 0 Å². The van der Waals surface area contributed by atoms with Crippen molar-refractivity contribution in [3.8, 4) is 5.75 Å². The summed E-state index contributed by atoms with van der Waals surface area (Å²) < 4.78 is 0. The molecule has 14 heavy (non-hydrogen) atoms. The van der Waals surface area contributed by atoms with Crippen molar-refractivity contribution in [3.63, 3.8) is 0 Å². The summed E-state index contributed by atoms with van der Waals surface area (Å²) in [6.07, 6.45) is 1.11. The Hall–Kier alpha value is -1.65. The number of aromatic hydroxyl groups is 1. The minimum Gasteiger partial charge on any atom is -0.504 e. The van der Waals surface area contributed by atoms with Crippen LogP contribution in [0.3, 0.4) is 0 Å². The standard InChI is InChI=1S/C9H12N2O3/c1-9(2,3)6-5(12)4-10-7(11-6)8(13)14/h4,12H,1-3H3,(H,13,14). The van der Waals surface area contributed by atoms with E-state index in [0.29, 0.717) is 5.69 Å². The van der Waals surface area contributed by atoms with Crippen molar-refractivity contribution < 1.29 is 15.0 Å². The van der Waals surface area contributed by atoms with Gasteiger partial charge in [0.15, 0.2) is 5.75 Å². The molecule has 76 valence electrons.